The molecule has 0 aromatic carbocycles. The maximum Gasteiger partial charge on any atom is 0.234 e. The highest BCUT2D eigenvalue weighted by Gasteiger charge is 2.18. The van der Waals surface area contributed by atoms with Gasteiger partial charge in [0.25, 0.3) is 0 Å². The van der Waals surface area contributed by atoms with Crippen LogP contribution in [0.1, 0.15) is 12.8 Å². The first-order chi connectivity index (χ1) is 4.70. The third-order valence-electron chi connectivity index (χ3n) is 1.73. The SMILES string of the molecule is C=C1CCC(C(N)=O)NC1. The summed E-state index contributed by atoms with van der Waals surface area (Å²) in [7, 11) is 0. The summed E-state index contributed by atoms with van der Waals surface area (Å²) in [6.07, 6.45) is 1.72. The van der Waals surface area contributed by atoms with Gasteiger partial charge in [-0.25, -0.2) is 0 Å². The van der Waals surface area contributed by atoms with Gasteiger partial charge in [0.05, 0.1) is 6.04 Å². The first-order valence-electron chi connectivity index (χ1n) is 3.39. The summed E-state index contributed by atoms with van der Waals surface area (Å²) >= 11 is 0. The predicted octanol–water partition coefficient (Wildman–Crippen LogP) is -0.220. The van der Waals surface area contributed by atoms with Crippen LogP contribution in [0.15, 0.2) is 12.2 Å². The Hall–Kier alpha value is -0.830. The number of carbonyl (C=O) groups is 1. The van der Waals surface area contributed by atoms with E-state index in [1.54, 1.807) is 0 Å². The Morgan fingerprint density at radius 3 is 2.90 bits per heavy atom. The Labute approximate surface area is 60.3 Å². The van der Waals surface area contributed by atoms with Gasteiger partial charge in [-0.1, -0.05) is 12.2 Å². The zero-order valence-electron chi connectivity index (χ0n) is 5.89. The van der Waals surface area contributed by atoms with Crippen molar-refractivity contribution < 1.29 is 4.79 Å². The Morgan fingerprint density at radius 2 is 2.50 bits per heavy atom. The van der Waals surface area contributed by atoms with Crippen LogP contribution in [0.5, 0.6) is 0 Å². The van der Waals surface area contributed by atoms with E-state index in [1.165, 1.54) is 0 Å². The van der Waals surface area contributed by atoms with Crippen LogP contribution >= 0.6 is 0 Å². The zero-order valence-corrected chi connectivity index (χ0v) is 5.89. The number of hydrogen-bond donors (Lipinski definition) is 2. The van der Waals surface area contributed by atoms with Crippen LogP contribution in [0.2, 0.25) is 0 Å². The zero-order chi connectivity index (χ0) is 7.56. The van der Waals surface area contributed by atoms with Crippen molar-refractivity contribution in [3.8, 4) is 0 Å². The van der Waals surface area contributed by atoms with Crippen molar-refractivity contribution in [2.45, 2.75) is 18.9 Å². The second kappa shape index (κ2) is 2.84. The Balaban J connectivity index is 2.40. The molecule has 1 amide bonds. The van der Waals surface area contributed by atoms with E-state index in [1.807, 2.05) is 0 Å². The lowest BCUT2D eigenvalue weighted by Gasteiger charge is -2.21. The molecule has 3 N–H and O–H groups in total. The Kier molecular flexibility index (Phi) is 2.06. The van der Waals surface area contributed by atoms with Crippen molar-refractivity contribution in [2.75, 3.05) is 6.54 Å². The van der Waals surface area contributed by atoms with E-state index in [4.69, 9.17) is 5.73 Å². The number of nitrogens with two attached hydrogens (primary N) is 1. The smallest absolute Gasteiger partial charge is 0.234 e. The summed E-state index contributed by atoms with van der Waals surface area (Å²) in [5.41, 5.74) is 6.23. The van der Waals surface area contributed by atoms with Gasteiger partial charge < -0.3 is 11.1 Å². The summed E-state index contributed by atoms with van der Waals surface area (Å²) in [5.74, 6) is -0.257. The molecule has 0 bridgehead atoms. The van der Waals surface area contributed by atoms with Gasteiger partial charge >= 0.3 is 0 Å². The second-order valence-electron chi connectivity index (χ2n) is 2.62. The third kappa shape index (κ3) is 1.57. The van der Waals surface area contributed by atoms with Crippen LogP contribution in [0.25, 0.3) is 0 Å². The van der Waals surface area contributed by atoms with Gasteiger partial charge in [-0.2, -0.15) is 0 Å². The minimum atomic E-state index is -0.257. The van der Waals surface area contributed by atoms with Crippen molar-refractivity contribution >= 4 is 5.91 Å². The van der Waals surface area contributed by atoms with Crippen molar-refractivity contribution in [3.05, 3.63) is 12.2 Å². The molecule has 0 aliphatic carbocycles. The number of piperidine rings is 1. The van der Waals surface area contributed by atoms with Crippen molar-refractivity contribution in [1.82, 2.24) is 5.32 Å². The molecule has 56 valence electrons. The molecule has 1 heterocycles. The predicted molar refractivity (Wildman–Crippen MR) is 39.4 cm³/mol. The number of hydrogen-bond acceptors (Lipinski definition) is 2. The van der Waals surface area contributed by atoms with Crippen molar-refractivity contribution in [3.63, 3.8) is 0 Å². The molecular formula is C7H12N2O. The highest BCUT2D eigenvalue weighted by Crippen LogP contribution is 2.10. The normalized spacial score (nSPS) is 26.4. The molecule has 1 rings (SSSR count). The van der Waals surface area contributed by atoms with Gasteiger partial charge in [-0.05, 0) is 12.8 Å². The van der Waals surface area contributed by atoms with Crippen LogP contribution in [-0.4, -0.2) is 18.5 Å². The molecule has 1 aliphatic heterocycles. The molecule has 0 radical (unpaired) electrons. The van der Waals surface area contributed by atoms with Crippen LogP contribution < -0.4 is 11.1 Å². The molecule has 3 nitrogen and oxygen atoms in total. The van der Waals surface area contributed by atoms with E-state index in [9.17, 15) is 4.79 Å². The number of rotatable bonds is 1. The molecule has 0 aromatic heterocycles. The fourth-order valence-corrected chi connectivity index (χ4v) is 1.05. The maximum atomic E-state index is 10.6. The first-order valence-corrected chi connectivity index (χ1v) is 3.39. The second-order valence-corrected chi connectivity index (χ2v) is 2.62. The fourth-order valence-electron chi connectivity index (χ4n) is 1.05. The van der Waals surface area contributed by atoms with E-state index >= 15 is 0 Å². The summed E-state index contributed by atoms with van der Waals surface area (Å²) in [4.78, 5) is 10.6. The van der Waals surface area contributed by atoms with E-state index < -0.39 is 0 Å². The molecule has 10 heavy (non-hydrogen) atoms. The first kappa shape index (κ1) is 7.28. The quantitative estimate of drug-likeness (QED) is 0.495. The summed E-state index contributed by atoms with van der Waals surface area (Å²) in [6.45, 7) is 4.52. The molecule has 1 unspecified atom stereocenters. The minimum absolute atomic E-state index is 0.134. The summed E-state index contributed by atoms with van der Waals surface area (Å²) in [6, 6.07) is -0.134. The largest absolute Gasteiger partial charge is 0.368 e. The number of nitrogens with one attached hydrogen (secondary N) is 1. The van der Waals surface area contributed by atoms with E-state index in [0.717, 1.165) is 25.0 Å². The van der Waals surface area contributed by atoms with E-state index in [2.05, 4.69) is 11.9 Å². The highest BCUT2D eigenvalue weighted by molar-refractivity contribution is 5.80. The molecule has 3 heteroatoms. The molecule has 1 aliphatic rings. The van der Waals surface area contributed by atoms with Gasteiger partial charge in [0.2, 0.25) is 5.91 Å². The van der Waals surface area contributed by atoms with E-state index in [0.29, 0.717) is 0 Å². The number of amides is 1. The van der Waals surface area contributed by atoms with Crippen LogP contribution in [-0.2, 0) is 4.79 Å². The van der Waals surface area contributed by atoms with Gasteiger partial charge in [-0.3, -0.25) is 4.79 Å². The highest BCUT2D eigenvalue weighted by atomic mass is 16.1. The monoisotopic (exact) mass is 140 g/mol. The minimum Gasteiger partial charge on any atom is -0.368 e. The standard InChI is InChI=1S/C7H12N2O/c1-5-2-3-6(7(8)10)9-4-5/h6,9H,1-4H2,(H2,8,10). The topological polar surface area (TPSA) is 55.1 Å². The number of primary amides is 1. The fraction of sp³-hybridized carbons (Fsp3) is 0.571. The van der Waals surface area contributed by atoms with Gasteiger partial charge in [-0.15, -0.1) is 0 Å². The molecule has 0 saturated carbocycles. The number of carbonyl (C=O) groups excluding carboxylic acids is 1. The van der Waals surface area contributed by atoms with E-state index in [-0.39, 0.29) is 11.9 Å². The van der Waals surface area contributed by atoms with Crippen molar-refractivity contribution in [1.29, 1.82) is 0 Å². The maximum absolute atomic E-state index is 10.6. The van der Waals surface area contributed by atoms with Crippen LogP contribution in [0.4, 0.5) is 0 Å². The molecule has 1 atom stereocenters. The Morgan fingerprint density at radius 1 is 1.80 bits per heavy atom. The lowest BCUT2D eigenvalue weighted by molar-refractivity contribution is -0.120. The van der Waals surface area contributed by atoms with Gasteiger partial charge in [0.15, 0.2) is 0 Å². The lowest BCUT2D eigenvalue weighted by atomic mass is 10.0. The van der Waals surface area contributed by atoms with Crippen LogP contribution in [0, 0.1) is 0 Å². The third-order valence-corrected chi connectivity index (χ3v) is 1.73. The average molecular weight is 140 g/mol. The van der Waals surface area contributed by atoms with Gasteiger partial charge in [0, 0.05) is 6.54 Å². The van der Waals surface area contributed by atoms with Gasteiger partial charge in [0.1, 0.15) is 0 Å². The molecule has 0 spiro atoms. The summed E-state index contributed by atoms with van der Waals surface area (Å²) in [5, 5.41) is 2.99. The van der Waals surface area contributed by atoms with Crippen molar-refractivity contribution in [2.24, 2.45) is 5.73 Å². The molecular weight excluding hydrogens is 128 g/mol. The van der Waals surface area contributed by atoms with Crippen LogP contribution in [0.3, 0.4) is 0 Å². The molecule has 1 fully saturated rings. The summed E-state index contributed by atoms with van der Waals surface area (Å²) < 4.78 is 0. The molecule has 0 aromatic rings. The lowest BCUT2D eigenvalue weighted by Crippen LogP contribution is -2.44. The molecule has 1 saturated heterocycles. The Bertz CT molecular complexity index is 155. The average Bonchev–Trinajstić information content (AvgIpc) is 1.88.